The molecule has 0 aliphatic rings. The van der Waals surface area contributed by atoms with Crippen LogP contribution in [0.4, 0.5) is 0 Å². The van der Waals surface area contributed by atoms with Crippen LogP contribution < -0.4 is 0 Å². The van der Waals surface area contributed by atoms with Gasteiger partial charge in [0.05, 0.1) is 31.5 Å². The normalized spacial score (nSPS) is 16.9. The van der Waals surface area contributed by atoms with Crippen molar-refractivity contribution in [2.75, 3.05) is 27.6 Å². The molecule has 46 heavy (non-hydrogen) atoms. The summed E-state index contributed by atoms with van der Waals surface area (Å²) in [6.07, 6.45) is 2.06. The Morgan fingerprint density at radius 3 is 1.91 bits per heavy atom. The zero-order valence-electron chi connectivity index (χ0n) is 32.2. The fraction of sp³-hybridized carbons (Fsp3) is 0.778. The molecule has 7 nitrogen and oxygen atoms in total. The second-order valence-corrected chi connectivity index (χ2v) is 29.2. The summed E-state index contributed by atoms with van der Waals surface area (Å²) < 4.78 is 44.8. The van der Waals surface area contributed by atoms with E-state index in [1.165, 1.54) is 0 Å². The molecule has 0 aliphatic carbocycles. The molecule has 0 heterocycles. The fourth-order valence-electron chi connectivity index (χ4n) is 5.43. The first-order valence-corrected chi connectivity index (χ1v) is 26.2. The Hall–Kier alpha value is -0.989. The predicted molar refractivity (Wildman–Crippen MR) is 199 cm³/mol. The number of ether oxygens (including phenoxy) is 4. The summed E-state index contributed by atoms with van der Waals surface area (Å²) in [6.45, 7) is 30.8. The quantitative estimate of drug-likeness (QED) is 0.0488. The lowest BCUT2D eigenvalue weighted by atomic mass is 9.86. The van der Waals surface area contributed by atoms with Crippen LogP contribution in [0.15, 0.2) is 42.4 Å². The van der Waals surface area contributed by atoms with Crippen molar-refractivity contribution in [2.24, 2.45) is 11.8 Å². The van der Waals surface area contributed by atoms with Crippen LogP contribution in [-0.2, 0) is 38.8 Å². The van der Waals surface area contributed by atoms with Crippen molar-refractivity contribution in [1.29, 1.82) is 0 Å². The third-order valence-corrected chi connectivity index (χ3v) is 19.6. The Kier molecular flexibility index (Phi) is 18.6. The van der Waals surface area contributed by atoms with Gasteiger partial charge in [-0.15, -0.1) is 0 Å². The van der Waals surface area contributed by atoms with Gasteiger partial charge in [-0.2, -0.15) is 0 Å². The van der Waals surface area contributed by atoms with E-state index in [1.54, 1.807) is 20.5 Å². The molecule has 268 valence electrons. The molecular weight excluding hydrogens is 629 g/mol. The van der Waals surface area contributed by atoms with Crippen molar-refractivity contribution in [3.05, 3.63) is 47.9 Å². The number of hydrogen-bond acceptors (Lipinski definition) is 7. The molecule has 0 radical (unpaired) electrons. The van der Waals surface area contributed by atoms with Crippen molar-refractivity contribution in [3.8, 4) is 0 Å². The molecule has 0 N–H and O–H groups in total. The summed E-state index contributed by atoms with van der Waals surface area (Å²) in [7, 11) is -2.82. The lowest BCUT2D eigenvalue weighted by Gasteiger charge is -2.46. The van der Waals surface area contributed by atoms with Crippen molar-refractivity contribution in [2.45, 2.75) is 143 Å². The van der Waals surface area contributed by atoms with E-state index in [0.717, 1.165) is 29.5 Å². The molecule has 0 aromatic heterocycles. The van der Waals surface area contributed by atoms with Crippen molar-refractivity contribution < 1.29 is 32.2 Å². The van der Waals surface area contributed by atoms with Crippen molar-refractivity contribution >= 4 is 25.0 Å². The van der Waals surface area contributed by atoms with E-state index in [4.69, 9.17) is 32.2 Å². The molecule has 1 rings (SSSR count). The molecule has 0 unspecified atom stereocenters. The summed E-state index contributed by atoms with van der Waals surface area (Å²) in [6, 6.07) is 13.5. The first-order chi connectivity index (χ1) is 21.4. The lowest BCUT2D eigenvalue weighted by molar-refractivity contribution is -0.0588. The van der Waals surface area contributed by atoms with Gasteiger partial charge in [-0.05, 0) is 61.5 Å². The highest BCUT2D eigenvalue weighted by atomic mass is 28.4. The van der Waals surface area contributed by atoms with Gasteiger partial charge in [-0.25, -0.2) is 0 Å². The second kappa shape index (κ2) is 19.9. The van der Waals surface area contributed by atoms with E-state index in [9.17, 15) is 0 Å². The average molecular weight is 699 g/mol. The highest BCUT2D eigenvalue weighted by Crippen LogP contribution is 2.41. The van der Waals surface area contributed by atoms with Gasteiger partial charge in [-0.3, -0.25) is 0 Å². The zero-order chi connectivity index (χ0) is 35.2. The molecule has 10 heteroatoms. The minimum atomic E-state index is -2.18. The molecular formula is C36H70O7Si3. The zero-order valence-corrected chi connectivity index (χ0v) is 35.2. The van der Waals surface area contributed by atoms with Gasteiger partial charge in [0.2, 0.25) is 8.32 Å². The summed E-state index contributed by atoms with van der Waals surface area (Å²) in [5.74, 6) is 0.794. The molecule has 0 saturated heterocycles. The minimum Gasteiger partial charge on any atom is -0.545 e. The topological polar surface area (TPSA) is 64.6 Å². The maximum Gasteiger partial charge on any atom is 0.241 e. The summed E-state index contributed by atoms with van der Waals surface area (Å²) >= 11 is 0. The minimum absolute atomic E-state index is 0.0383. The Labute approximate surface area is 286 Å². The van der Waals surface area contributed by atoms with Crippen LogP contribution in [0.2, 0.25) is 55.9 Å². The predicted octanol–water partition coefficient (Wildman–Crippen LogP) is 9.97. The standard InChI is InChI=1S/C36H70O7Si3/c1-16-46(17-2,18-3)43-35(30(5)34(27-39-28-38-10)41-44(11,12)13)29(4)33(42-45(14,15)36(6,7)8)24-32(26-37-9)40-25-31-22-20-19-21-23-31/h19-23,27,29-30,32-33,35H,16-18,24-26,28H2,1-15H3/b34-27-/t29-,30-,32+,33+,35-/m0/s1. The second-order valence-electron chi connectivity index (χ2n) is 15.3. The Bertz CT molecular complexity index is 979. The number of rotatable bonds is 23. The first kappa shape index (κ1) is 43.0. The molecule has 0 saturated carbocycles. The third kappa shape index (κ3) is 14.2. The van der Waals surface area contributed by atoms with E-state index in [2.05, 4.69) is 100 Å². The Morgan fingerprint density at radius 1 is 0.848 bits per heavy atom. The maximum atomic E-state index is 7.47. The van der Waals surface area contributed by atoms with Crippen LogP contribution in [0.25, 0.3) is 0 Å². The van der Waals surface area contributed by atoms with Crippen molar-refractivity contribution in [1.82, 2.24) is 0 Å². The molecule has 0 aliphatic heterocycles. The van der Waals surface area contributed by atoms with Gasteiger partial charge in [-0.1, -0.05) is 85.7 Å². The molecule has 1 aromatic carbocycles. The maximum absolute atomic E-state index is 7.47. The first-order valence-electron chi connectivity index (χ1n) is 17.4. The molecule has 0 spiro atoms. The summed E-state index contributed by atoms with van der Waals surface area (Å²) in [5, 5.41) is 0.0450. The molecule has 1 aromatic rings. The van der Waals surface area contributed by atoms with Crippen LogP contribution in [0.3, 0.4) is 0 Å². The van der Waals surface area contributed by atoms with Crippen LogP contribution in [0.1, 0.15) is 67.4 Å². The van der Waals surface area contributed by atoms with E-state index in [0.29, 0.717) is 19.6 Å². The van der Waals surface area contributed by atoms with Crippen molar-refractivity contribution in [3.63, 3.8) is 0 Å². The summed E-state index contributed by atoms with van der Waals surface area (Å²) in [5.41, 5.74) is 1.15. The van der Waals surface area contributed by atoms with E-state index >= 15 is 0 Å². The smallest absolute Gasteiger partial charge is 0.241 e. The van der Waals surface area contributed by atoms with Gasteiger partial charge in [0, 0.05) is 32.5 Å². The molecule has 5 atom stereocenters. The Morgan fingerprint density at radius 2 is 1.43 bits per heavy atom. The van der Waals surface area contributed by atoms with Crippen LogP contribution in [0.5, 0.6) is 0 Å². The fourth-order valence-corrected chi connectivity index (χ4v) is 10.8. The van der Waals surface area contributed by atoms with Gasteiger partial charge < -0.3 is 32.2 Å². The summed E-state index contributed by atoms with van der Waals surface area (Å²) in [4.78, 5) is 0. The number of hydrogen-bond donors (Lipinski definition) is 0. The van der Waals surface area contributed by atoms with E-state index < -0.39 is 25.0 Å². The average Bonchev–Trinajstić information content (AvgIpc) is 2.99. The SMILES string of the molecule is CC[Si](CC)(CC)O[C@@H]([C@@H](C)[C@@H](C[C@H](COC)OCc1ccccc1)O[Si](C)(C)C(C)(C)C)[C@@H](C)/C(=C/OCOC)O[Si](C)(C)C. The molecule has 0 amide bonds. The molecule has 0 fully saturated rings. The number of benzene rings is 1. The van der Waals surface area contributed by atoms with Gasteiger partial charge in [0.25, 0.3) is 0 Å². The number of methoxy groups -OCH3 is 2. The van der Waals surface area contributed by atoms with E-state index in [1.807, 2.05) is 18.2 Å². The van der Waals surface area contributed by atoms with Gasteiger partial charge in [0.15, 0.2) is 23.4 Å². The van der Waals surface area contributed by atoms with Gasteiger partial charge in [0.1, 0.15) is 12.0 Å². The lowest BCUT2D eigenvalue weighted by Crippen LogP contribution is -2.52. The monoisotopic (exact) mass is 698 g/mol. The Balaban J connectivity index is 3.71. The van der Waals surface area contributed by atoms with Crippen LogP contribution in [-0.4, -0.2) is 70.9 Å². The van der Waals surface area contributed by atoms with Crippen LogP contribution >= 0.6 is 0 Å². The highest BCUT2D eigenvalue weighted by molar-refractivity contribution is 6.74. The highest BCUT2D eigenvalue weighted by Gasteiger charge is 2.45. The third-order valence-electron chi connectivity index (χ3n) is 9.60. The van der Waals surface area contributed by atoms with E-state index in [-0.39, 0.29) is 42.0 Å². The largest absolute Gasteiger partial charge is 0.545 e. The van der Waals surface area contributed by atoms with Gasteiger partial charge >= 0.3 is 0 Å². The van der Waals surface area contributed by atoms with Crippen LogP contribution in [0, 0.1) is 11.8 Å². The molecule has 0 bridgehead atoms.